The number of carbonyl (C=O) groups is 1. The SMILES string of the molecule is CC(C)(C)N1Cc2cc(Nc3nn(C4CCOCC4F)c4cc[nH]c(=O)c34)ccc2C1=O. The van der Waals surface area contributed by atoms with Gasteiger partial charge in [0, 0.05) is 36.1 Å². The quantitative estimate of drug-likeness (QED) is 0.652. The molecule has 5 rings (SSSR count). The number of nitrogens with one attached hydrogen (secondary N) is 2. The van der Waals surface area contributed by atoms with Gasteiger partial charge in [-0.25, -0.2) is 4.39 Å². The lowest BCUT2D eigenvalue weighted by Crippen LogP contribution is -2.41. The number of amides is 1. The Bertz CT molecular complexity index is 1260. The summed E-state index contributed by atoms with van der Waals surface area (Å²) in [6.45, 7) is 7.01. The number of nitrogens with zero attached hydrogens (tertiary/aromatic N) is 3. The molecule has 2 aromatic heterocycles. The minimum atomic E-state index is -1.20. The minimum absolute atomic E-state index is 0.0127. The maximum absolute atomic E-state index is 14.6. The third kappa shape index (κ3) is 3.37. The van der Waals surface area contributed by atoms with E-state index in [2.05, 4.69) is 15.4 Å². The van der Waals surface area contributed by atoms with E-state index in [1.54, 1.807) is 29.1 Å². The fraction of sp³-hybridized carbons (Fsp3) is 0.435. The Kier molecular flexibility index (Phi) is 4.81. The Morgan fingerprint density at radius 3 is 2.81 bits per heavy atom. The van der Waals surface area contributed by atoms with E-state index in [1.165, 1.54) is 0 Å². The molecule has 1 fully saturated rings. The van der Waals surface area contributed by atoms with E-state index < -0.39 is 12.2 Å². The number of aromatic amines is 1. The summed E-state index contributed by atoms with van der Waals surface area (Å²) >= 11 is 0. The highest BCUT2D eigenvalue weighted by molar-refractivity contribution is 5.99. The zero-order valence-electron chi connectivity index (χ0n) is 18.3. The summed E-state index contributed by atoms with van der Waals surface area (Å²) < 4.78 is 21.4. The average molecular weight is 439 g/mol. The zero-order valence-corrected chi connectivity index (χ0v) is 18.3. The van der Waals surface area contributed by atoms with Gasteiger partial charge in [-0.1, -0.05) is 0 Å². The molecule has 1 saturated heterocycles. The first-order valence-electron chi connectivity index (χ1n) is 10.8. The first kappa shape index (κ1) is 20.7. The van der Waals surface area contributed by atoms with E-state index in [9.17, 15) is 14.0 Å². The number of hydrogen-bond acceptors (Lipinski definition) is 5. The van der Waals surface area contributed by atoms with Crippen LogP contribution in [-0.4, -0.2) is 50.5 Å². The number of fused-ring (bicyclic) bond motifs is 2. The molecule has 2 aliphatic rings. The van der Waals surface area contributed by atoms with Crippen molar-refractivity contribution in [3.8, 4) is 0 Å². The summed E-state index contributed by atoms with van der Waals surface area (Å²) in [7, 11) is 0. The van der Waals surface area contributed by atoms with Gasteiger partial charge in [0.25, 0.3) is 11.5 Å². The summed E-state index contributed by atoms with van der Waals surface area (Å²) in [6, 6.07) is 6.75. The van der Waals surface area contributed by atoms with Gasteiger partial charge in [-0.2, -0.15) is 5.10 Å². The van der Waals surface area contributed by atoms with Crippen LogP contribution < -0.4 is 10.9 Å². The number of carbonyl (C=O) groups excluding carboxylic acids is 1. The molecule has 2 N–H and O–H groups in total. The second-order valence-electron chi connectivity index (χ2n) is 9.37. The number of alkyl halides is 1. The molecule has 2 unspecified atom stereocenters. The van der Waals surface area contributed by atoms with Crippen molar-refractivity contribution in [2.24, 2.45) is 0 Å². The van der Waals surface area contributed by atoms with Crippen molar-refractivity contribution >= 4 is 28.3 Å². The van der Waals surface area contributed by atoms with E-state index >= 15 is 0 Å². The van der Waals surface area contributed by atoms with E-state index in [-0.39, 0.29) is 23.6 Å². The van der Waals surface area contributed by atoms with Crippen LogP contribution in [0.15, 0.2) is 35.3 Å². The van der Waals surface area contributed by atoms with Gasteiger partial charge in [0.15, 0.2) is 5.82 Å². The maximum atomic E-state index is 14.6. The molecule has 0 radical (unpaired) electrons. The number of pyridine rings is 1. The molecular formula is C23H26FN5O3. The lowest BCUT2D eigenvalue weighted by molar-refractivity contribution is 0.00124. The van der Waals surface area contributed by atoms with Gasteiger partial charge in [0.2, 0.25) is 0 Å². The first-order valence-corrected chi connectivity index (χ1v) is 10.8. The predicted molar refractivity (Wildman–Crippen MR) is 119 cm³/mol. The number of halogens is 1. The first-order chi connectivity index (χ1) is 15.2. The topological polar surface area (TPSA) is 92.2 Å². The van der Waals surface area contributed by atoms with Gasteiger partial charge in [-0.3, -0.25) is 14.3 Å². The van der Waals surface area contributed by atoms with E-state index in [0.29, 0.717) is 47.5 Å². The zero-order chi connectivity index (χ0) is 22.6. The van der Waals surface area contributed by atoms with Crippen molar-refractivity contribution in [2.45, 2.75) is 51.5 Å². The van der Waals surface area contributed by atoms with Crippen LogP contribution in [0.2, 0.25) is 0 Å². The Hall–Kier alpha value is -3.20. The number of aromatic nitrogens is 3. The summed E-state index contributed by atoms with van der Waals surface area (Å²) in [4.78, 5) is 29.9. The Balaban J connectivity index is 1.52. The molecule has 32 heavy (non-hydrogen) atoms. The third-order valence-corrected chi connectivity index (χ3v) is 6.18. The molecule has 3 aromatic rings. The second-order valence-corrected chi connectivity index (χ2v) is 9.37. The molecule has 0 bridgehead atoms. The van der Waals surface area contributed by atoms with Crippen LogP contribution in [0, 0.1) is 0 Å². The van der Waals surface area contributed by atoms with Crippen molar-refractivity contribution in [1.82, 2.24) is 19.7 Å². The highest BCUT2D eigenvalue weighted by Crippen LogP contribution is 2.34. The van der Waals surface area contributed by atoms with Crippen LogP contribution in [0.3, 0.4) is 0 Å². The smallest absolute Gasteiger partial charge is 0.261 e. The fourth-order valence-corrected chi connectivity index (χ4v) is 4.48. The largest absolute Gasteiger partial charge is 0.378 e. The average Bonchev–Trinajstić information content (AvgIpc) is 3.27. The number of hydrogen-bond donors (Lipinski definition) is 2. The Morgan fingerprint density at radius 2 is 2.06 bits per heavy atom. The minimum Gasteiger partial charge on any atom is -0.378 e. The highest BCUT2D eigenvalue weighted by atomic mass is 19.1. The van der Waals surface area contributed by atoms with Crippen molar-refractivity contribution in [2.75, 3.05) is 18.5 Å². The van der Waals surface area contributed by atoms with Crippen LogP contribution >= 0.6 is 0 Å². The lowest BCUT2D eigenvalue weighted by atomic mass is 10.1. The number of H-pyrrole nitrogens is 1. The van der Waals surface area contributed by atoms with Gasteiger partial charge in [-0.05, 0) is 57.0 Å². The van der Waals surface area contributed by atoms with Crippen LogP contribution in [0.4, 0.5) is 15.9 Å². The standard InChI is InChI=1S/C23H26FN5O3/c1-23(2,3)28-11-13-10-14(4-5-15(13)22(28)31)26-20-19-18(6-8-25-21(19)30)29(27-20)17-7-9-32-12-16(17)24/h4-6,8,10,16-17H,7,9,11-12H2,1-3H3,(H,25,30)(H,26,27). The molecule has 0 spiro atoms. The molecule has 9 heteroatoms. The molecule has 2 aliphatic heterocycles. The molecule has 1 aromatic carbocycles. The van der Waals surface area contributed by atoms with Crippen LogP contribution in [-0.2, 0) is 11.3 Å². The number of anilines is 2. The summed E-state index contributed by atoms with van der Waals surface area (Å²) in [5.41, 5.74) is 2.31. The molecule has 1 amide bonds. The second kappa shape index (κ2) is 7.44. The number of rotatable bonds is 3. The molecular weight excluding hydrogens is 413 g/mol. The summed E-state index contributed by atoms with van der Waals surface area (Å²) in [6.07, 6.45) is 0.822. The number of benzene rings is 1. The van der Waals surface area contributed by atoms with Gasteiger partial charge >= 0.3 is 0 Å². The fourth-order valence-electron chi connectivity index (χ4n) is 4.48. The molecule has 168 valence electrons. The van der Waals surface area contributed by atoms with Crippen LogP contribution in [0.5, 0.6) is 0 Å². The van der Waals surface area contributed by atoms with E-state index in [0.717, 1.165) is 5.56 Å². The van der Waals surface area contributed by atoms with Crippen molar-refractivity contribution in [1.29, 1.82) is 0 Å². The number of ether oxygens (including phenoxy) is 1. The summed E-state index contributed by atoms with van der Waals surface area (Å²) in [5, 5.41) is 8.19. The molecule has 2 atom stereocenters. The van der Waals surface area contributed by atoms with Gasteiger partial charge in [-0.15, -0.1) is 0 Å². The molecule has 0 saturated carbocycles. The third-order valence-electron chi connectivity index (χ3n) is 6.18. The molecule has 4 heterocycles. The van der Waals surface area contributed by atoms with Crippen molar-refractivity contribution < 1.29 is 13.9 Å². The summed E-state index contributed by atoms with van der Waals surface area (Å²) in [5.74, 6) is 0.371. The Labute approximate surface area is 184 Å². The van der Waals surface area contributed by atoms with E-state index in [1.807, 2.05) is 31.7 Å². The maximum Gasteiger partial charge on any atom is 0.261 e. The van der Waals surface area contributed by atoms with Crippen molar-refractivity contribution in [3.63, 3.8) is 0 Å². The van der Waals surface area contributed by atoms with Crippen LogP contribution in [0.1, 0.15) is 49.2 Å². The van der Waals surface area contributed by atoms with Gasteiger partial charge < -0.3 is 19.9 Å². The monoisotopic (exact) mass is 439 g/mol. The lowest BCUT2D eigenvalue weighted by Gasteiger charge is -2.31. The van der Waals surface area contributed by atoms with Crippen LogP contribution in [0.25, 0.3) is 10.9 Å². The molecule has 0 aliphatic carbocycles. The van der Waals surface area contributed by atoms with Gasteiger partial charge in [0.05, 0.1) is 18.2 Å². The van der Waals surface area contributed by atoms with E-state index in [4.69, 9.17) is 4.74 Å². The molecule has 8 nitrogen and oxygen atoms in total. The normalized spacial score (nSPS) is 21.2. The highest BCUT2D eigenvalue weighted by Gasteiger charge is 2.35. The van der Waals surface area contributed by atoms with Gasteiger partial charge in [0.1, 0.15) is 11.6 Å². The Morgan fingerprint density at radius 1 is 1.25 bits per heavy atom. The predicted octanol–water partition coefficient (Wildman–Crippen LogP) is 3.52. The van der Waals surface area contributed by atoms with Crippen molar-refractivity contribution in [3.05, 3.63) is 51.9 Å².